The molecule has 1 aromatic carbocycles. The minimum atomic E-state index is -0.797. The molecule has 3 nitrogen and oxygen atoms in total. The largest absolute Gasteiger partial charge is 0.447 e. The second-order valence-corrected chi connectivity index (χ2v) is 3.51. The fraction of sp³-hybridized carbons (Fsp3) is 0.222. The molecule has 0 aromatic heterocycles. The molecule has 0 radical (unpaired) electrons. The Hall–Kier alpha value is -1.07. The summed E-state index contributed by atoms with van der Waals surface area (Å²) in [5, 5.41) is 2.26. The van der Waals surface area contributed by atoms with Gasteiger partial charge >= 0.3 is 6.09 Å². The summed E-state index contributed by atoms with van der Waals surface area (Å²) in [6.45, 7) is -0.0890. The number of alkyl carbamates (subject to hydrolysis) is 1. The number of amides is 1. The van der Waals surface area contributed by atoms with Gasteiger partial charge in [0.15, 0.2) is 0 Å². The average molecular weight is 270 g/mol. The predicted octanol–water partition coefficient (Wildman–Crippen LogP) is 2.82. The van der Waals surface area contributed by atoms with Crippen LogP contribution in [0.4, 0.5) is 13.6 Å². The Morgan fingerprint density at radius 3 is 2.38 bits per heavy atom. The van der Waals surface area contributed by atoms with Crippen LogP contribution in [-0.4, -0.2) is 12.7 Å². The van der Waals surface area contributed by atoms with Crippen molar-refractivity contribution in [2.45, 2.75) is 6.04 Å². The monoisotopic (exact) mass is 269 g/mol. The van der Waals surface area contributed by atoms with Crippen LogP contribution in [0.5, 0.6) is 0 Å². The Kier molecular flexibility index (Phi) is 3.93. The van der Waals surface area contributed by atoms with Gasteiger partial charge in [-0.05, 0) is 12.1 Å². The summed E-state index contributed by atoms with van der Waals surface area (Å²) in [7, 11) is 0. The summed E-state index contributed by atoms with van der Waals surface area (Å²) < 4.78 is 31.3. The first-order chi connectivity index (χ1) is 7.08. The number of rotatable bonds is 1. The van der Waals surface area contributed by atoms with Gasteiger partial charge in [-0.3, -0.25) is 0 Å². The van der Waals surface area contributed by atoms with Gasteiger partial charge in [-0.25, -0.2) is 13.6 Å². The highest BCUT2D eigenvalue weighted by atomic mass is 35.5. The molecular formula is C9H7Cl2F2NO2. The molecule has 16 heavy (non-hydrogen) atoms. The SMILES string of the molecule is Cl.O=C1N[C@@H](c2c(F)cc(Cl)cc2F)CO1. The first-order valence-electron chi connectivity index (χ1n) is 4.15. The second kappa shape index (κ2) is 4.84. The fourth-order valence-corrected chi connectivity index (χ4v) is 1.62. The fourth-order valence-electron chi connectivity index (χ4n) is 1.43. The first-order valence-corrected chi connectivity index (χ1v) is 4.53. The topological polar surface area (TPSA) is 38.3 Å². The molecule has 1 heterocycles. The highest BCUT2D eigenvalue weighted by Gasteiger charge is 2.29. The lowest BCUT2D eigenvalue weighted by atomic mass is 10.1. The van der Waals surface area contributed by atoms with Crippen LogP contribution in [0.15, 0.2) is 12.1 Å². The average Bonchev–Trinajstić information content (AvgIpc) is 2.49. The summed E-state index contributed by atoms with van der Waals surface area (Å²) in [4.78, 5) is 10.7. The predicted molar refractivity (Wildman–Crippen MR) is 55.8 cm³/mol. The molecule has 0 bridgehead atoms. The highest BCUT2D eigenvalue weighted by molar-refractivity contribution is 6.30. The number of nitrogens with one attached hydrogen (secondary N) is 1. The molecule has 1 fully saturated rings. The van der Waals surface area contributed by atoms with Crippen molar-refractivity contribution < 1.29 is 18.3 Å². The van der Waals surface area contributed by atoms with Gasteiger partial charge < -0.3 is 10.1 Å². The summed E-state index contributed by atoms with van der Waals surface area (Å²) in [6.07, 6.45) is -0.686. The molecule has 0 aliphatic carbocycles. The molecule has 0 spiro atoms. The Labute approximate surface area is 101 Å². The number of cyclic esters (lactones) is 1. The van der Waals surface area contributed by atoms with Crippen LogP contribution in [0.3, 0.4) is 0 Å². The third-order valence-corrected chi connectivity index (χ3v) is 2.28. The van der Waals surface area contributed by atoms with Crippen LogP contribution in [0, 0.1) is 11.6 Å². The molecule has 1 aromatic rings. The van der Waals surface area contributed by atoms with Gasteiger partial charge in [-0.1, -0.05) is 11.6 Å². The van der Waals surface area contributed by atoms with Crippen LogP contribution in [0.2, 0.25) is 5.02 Å². The van der Waals surface area contributed by atoms with Crippen molar-refractivity contribution in [3.05, 3.63) is 34.4 Å². The number of hydrogen-bond acceptors (Lipinski definition) is 2. The van der Waals surface area contributed by atoms with E-state index in [4.69, 9.17) is 11.6 Å². The van der Waals surface area contributed by atoms with E-state index in [1.165, 1.54) is 0 Å². The van der Waals surface area contributed by atoms with Crippen molar-refractivity contribution in [3.8, 4) is 0 Å². The van der Waals surface area contributed by atoms with E-state index in [-0.39, 0.29) is 29.6 Å². The van der Waals surface area contributed by atoms with Gasteiger partial charge in [0.2, 0.25) is 0 Å². The summed E-state index contributed by atoms with van der Waals surface area (Å²) >= 11 is 5.46. The molecule has 1 saturated heterocycles. The Bertz CT molecular complexity index is 405. The quantitative estimate of drug-likeness (QED) is 0.852. The van der Waals surface area contributed by atoms with Gasteiger partial charge in [0, 0.05) is 10.6 Å². The third kappa shape index (κ3) is 2.36. The molecular weight excluding hydrogens is 263 g/mol. The normalized spacial score (nSPS) is 18.7. The zero-order valence-electron chi connectivity index (χ0n) is 7.80. The van der Waals surface area contributed by atoms with Gasteiger partial charge in [0.05, 0.1) is 6.04 Å². The summed E-state index contributed by atoms with van der Waals surface area (Å²) in [5.41, 5.74) is -0.231. The van der Waals surface area contributed by atoms with E-state index < -0.39 is 23.8 Å². The third-order valence-electron chi connectivity index (χ3n) is 2.07. The van der Waals surface area contributed by atoms with Crippen molar-refractivity contribution in [2.24, 2.45) is 0 Å². The molecule has 2 rings (SSSR count). The lowest BCUT2D eigenvalue weighted by molar-refractivity contribution is 0.176. The van der Waals surface area contributed by atoms with Gasteiger partial charge in [-0.2, -0.15) is 0 Å². The maximum absolute atomic E-state index is 13.4. The molecule has 1 atom stereocenters. The van der Waals surface area contributed by atoms with Crippen molar-refractivity contribution in [2.75, 3.05) is 6.61 Å². The van der Waals surface area contributed by atoms with E-state index in [0.717, 1.165) is 12.1 Å². The van der Waals surface area contributed by atoms with Crippen LogP contribution in [0.1, 0.15) is 11.6 Å². The maximum atomic E-state index is 13.4. The van der Waals surface area contributed by atoms with Gasteiger partial charge in [-0.15, -0.1) is 12.4 Å². The molecule has 88 valence electrons. The molecule has 0 saturated carbocycles. The van der Waals surface area contributed by atoms with Crippen LogP contribution in [0.25, 0.3) is 0 Å². The molecule has 1 aliphatic rings. The molecule has 1 aliphatic heterocycles. The first kappa shape index (κ1) is 13.0. The van der Waals surface area contributed by atoms with Crippen molar-refractivity contribution in [1.29, 1.82) is 0 Å². The van der Waals surface area contributed by atoms with E-state index in [1.54, 1.807) is 0 Å². The number of benzene rings is 1. The minimum absolute atomic E-state index is 0. The molecule has 1 amide bonds. The number of ether oxygens (including phenoxy) is 1. The molecule has 1 N–H and O–H groups in total. The van der Waals surface area contributed by atoms with Crippen LogP contribution >= 0.6 is 24.0 Å². The van der Waals surface area contributed by atoms with E-state index >= 15 is 0 Å². The lowest BCUT2D eigenvalue weighted by Crippen LogP contribution is -2.20. The van der Waals surface area contributed by atoms with Gasteiger partial charge in [0.1, 0.15) is 18.2 Å². The maximum Gasteiger partial charge on any atom is 0.407 e. The standard InChI is InChI=1S/C9H6ClF2NO2.ClH/c10-4-1-5(11)8(6(12)2-4)7-3-15-9(14)13-7;/h1-2,7H,3H2,(H,13,14);1H/t7-;/m1./s1. The van der Waals surface area contributed by atoms with Crippen molar-refractivity contribution in [1.82, 2.24) is 5.32 Å². The zero-order valence-corrected chi connectivity index (χ0v) is 9.37. The van der Waals surface area contributed by atoms with Gasteiger partial charge in [0.25, 0.3) is 0 Å². The Balaban J connectivity index is 0.00000128. The van der Waals surface area contributed by atoms with E-state index in [2.05, 4.69) is 10.1 Å². The molecule has 0 unspecified atom stereocenters. The number of carbonyl (C=O) groups excluding carboxylic acids is 1. The minimum Gasteiger partial charge on any atom is -0.447 e. The number of carbonyl (C=O) groups is 1. The van der Waals surface area contributed by atoms with E-state index in [1.807, 2.05) is 0 Å². The van der Waals surface area contributed by atoms with Crippen LogP contribution < -0.4 is 5.32 Å². The highest BCUT2D eigenvalue weighted by Crippen LogP contribution is 2.26. The Morgan fingerprint density at radius 2 is 1.94 bits per heavy atom. The van der Waals surface area contributed by atoms with Crippen LogP contribution in [-0.2, 0) is 4.74 Å². The van der Waals surface area contributed by atoms with Crippen molar-refractivity contribution in [3.63, 3.8) is 0 Å². The summed E-state index contributed by atoms with van der Waals surface area (Å²) in [6, 6.07) is 1.18. The smallest absolute Gasteiger partial charge is 0.407 e. The number of halogens is 4. The lowest BCUT2D eigenvalue weighted by Gasteiger charge is -2.10. The zero-order chi connectivity index (χ0) is 11.0. The second-order valence-electron chi connectivity index (χ2n) is 3.08. The summed E-state index contributed by atoms with van der Waals surface area (Å²) in [5.74, 6) is -1.59. The van der Waals surface area contributed by atoms with E-state index in [9.17, 15) is 13.6 Å². The van der Waals surface area contributed by atoms with E-state index in [0.29, 0.717) is 0 Å². The number of hydrogen-bond donors (Lipinski definition) is 1. The molecule has 7 heteroatoms. The van der Waals surface area contributed by atoms with Crippen molar-refractivity contribution >= 4 is 30.1 Å². The Morgan fingerprint density at radius 1 is 1.38 bits per heavy atom.